The second kappa shape index (κ2) is 5.04. The second-order valence-electron chi connectivity index (χ2n) is 5.76. The van der Waals surface area contributed by atoms with Crippen LogP contribution in [0.2, 0.25) is 0 Å². The molecule has 0 saturated heterocycles. The minimum Gasteiger partial charge on any atom is -0.278 e. The maximum absolute atomic E-state index is 12.5. The van der Waals surface area contributed by atoms with E-state index in [0.29, 0.717) is 17.8 Å². The number of benzene rings is 1. The summed E-state index contributed by atoms with van der Waals surface area (Å²) < 4.78 is 0. The molecule has 112 valence electrons. The highest BCUT2D eigenvalue weighted by Crippen LogP contribution is 2.33. The van der Waals surface area contributed by atoms with Crippen LogP contribution in [0.1, 0.15) is 44.1 Å². The summed E-state index contributed by atoms with van der Waals surface area (Å²) in [4.78, 5) is 29.9. The molecule has 4 rings (SSSR count). The van der Waals surface area contributed by atoms with Crippen LogP contribution in [0.15, 0.2) is 35.7 Å². The zero-order valence-corrected chi connectivity index (χ0v) is 13.1. The van der Waals surface area contributed by atoms with E-state index in [1.54, 1.807) is 35.6 Å². The quantitative estimate of drug-likeness (QED) is 0.801. The van der Waals surface area contributed by atoms with E-state index >= 15 is 0 Å². The Kier molecular flexibility index (Phi) is 3.13. The highest BCUT2D eigenvalue weighted by atomic mass is 32.1. The fraction of sp³-hybridized carbons (Fsp3) is 0.294. The van der Waals surface area contributed by atoms with Crippen LogP contribution < -0.4 is 0 Å². The molecule has 0 radical (unpaired) electrons. The van der Waals surface area contributed by atoms with Gasteiger partial charge in [-0.1, -0.05) is 12.1 Å². The largest absolute Gasteiger partial charge is 0.278 e. The van der Waals surface area contributed by atoms with Crippen LogP contribution in [-0.2, 0) is 6.42 Å². The maximum atomic E-state index is 12.5. The molecule has 2 aromatic rings. The number of nitrogens with zero attached hydrogens (tertiary/aromatic N) is 2. The third kappa shape index (κ3) is 1.93. The standard InChI is InChI=1S/C17H16N2O2S/c1-11-12-7-9-22-15(12)6-8-18(11)10-19-16(20)13-4-2-3-5-14(13)17(19)21/h2-5,7,9,11H,6,8,10H2,1H3/t11-/m0/s1. The molecule has 5 heteroatoms. The number of hydrogen-bond acceptors (Lipinski definition) is 4. The van der Waals surface area contributed by atoms with Crippen molar-refractivity contribution in [2.75, 3.05) is 13.2 Å². The average molecular weight is 312 g/mol. The first-order valence-corrected chi connectivity index (χ1v) is 8.30. The van der Waals surface area contributed by atoms with Gasteiger partial charge in [0.2, 0.25) is 0 Å². The van der Waals surface area contributed by atoms with Crippen molar-refractivity contribution in [2.24, 2.45) is 0 Å². The molecule has 0 unspecified atom stereocenters. The van der Waals surface area contributed by atoms with Crippen molar-refractivity contribution >= 4 is 23.2 Å². The van der Waals surface area contributed by atoms with E-state index in [2.05, 4.69) is 23.3 Å². The summed E-state index contributed by atoms with van der Waals surface area (Å²) in [5, 5.41) is 2.12. The van der Waals surface area contributed by atoms with Gasteiger partial charge in [-0.3, -0.25) is 19.4 Å². The van der Waals surface area contributed by atoms with Crippen LogP contribution in [-0.4, -0.2) is 34.8 Å². The van der Waals surface area contributed by atoms with Gasteiger partial charge in [-0.2, -0.15) is 0 Å². The summed E-state index contributed by atoms with van der Waals surface area (Å²) in [6.07, 6.45) is 0.987. The fourth-order valence-electron chi connectivity index (χ4n) is 3.30. The monoisotopic (exact) mass is 312 g/mol. The molecule has 1 atom stereocenters. The number of carbonyl (C=O) groups is 2. The van der Waals surface area contributed by atoms with Gasteiger partial charge < -0.3 is 0 Å². The van der Waals surface area contributed by atoms with Crippen LogP contribution in [0, 0.1) is 0 Å². The van der Waals surface area contributed by atoms with Crippen molar-refractivity contribution in [3.8, 4) is 0 Å². The first-order chi connectivity index (χ1) is 10.7. The van der Waals surface area contributed by atoms with Crippen molar-refractivity contribution in [2.45, 2.75) is 19.4 Å². The van der Waals surface area contributed by atoms with Gasteiger partial charge in [0.15, 0.2) is 0 Å². The van der Waals surface area contributed by atoms with E-state index in [1.807, 2.05) is 0 Å². The predicted molar refractivity (Wildman–Crippen MR) is 85.0 cm³/mol. The first-order valence-electron chi connectivity index (χ1n) is 7.42. The van der Waals surface area contributed by atoms with E-state index in [9.17, 15) is 9.59 Å². The number of thiophene rings is 1. The molecular weight excluding hydrogens is 296 g/mol. The Bertz CT molecular complexity index is 733. The van der Waals surface area contributed by atoms with Crippen molar-refractivity contribution in [3.05, 3.63) is 57.3 Å². The zero-order valence-electron chi connectivity index (χ0n) is 12.3. The molecule has 0 N–H and O–H groups in total. The Morgan fingerprint density at radius 1 is 1.14 bits per heavy atom. The third-order valence-electron chi connectivity index (χ3n) is 4.61. The molecule has 4 nitrogen and oxygen atoms in total. The SMILES string of the molecule is C[C@H]1c2ccsc2CCN1CN1C(=O)c2ccccc2C1=O. The molecule has 3 heterocycles. The number of amides is 2. The minimum absolute atomic E-state index is 0.177. The van der Waals surface area contributed by atoms with Gasteiger partial charge >= 0.3 is 0 Å². The maximum Gasteiger partial charge on any atom is 0.262 e. The van der Waals surface area contributed by atoms with Gasteiger partial charge in [0.25, 0.3) is 11.8 Å². The highest BCUT2D eigenvalue weighted by molar-refractivity contribution is 7.10. The van der Waals surface area contributed by atoms with Gasteiger partial charge in [0.05, 0.1) is 17.8 Å². The summed E-state index contributed by atoms with van der Waals surface area (Å²) in [5.74, 6) is -0.354. The van der Waals surface area contributed by atoms with Crippen LogP contribution in [0.3, 0.4) is 0 Å². The first kappa shape index (κ1) is 13.7. The molecule has 0 aliphatic carbocycles. The summed E-state index contributed by atoms with van der Waals surface area (Å²) in [6.45, 7) is 3.38. The van der Waals surface area contributed by atoms with Crippen LogP contribution in [0.5, 0.6) is 0 Å². The highest BCUT2D eigenvalue weighted by Gasteiger charge is 2.37. The van der Waals surface area contributed by atoms with E-state index in [0.717, 1.165) is 13.0 Å². The predicted octanol–water partition coefficient (Wildman–Crippen LogP) is 2.92. The average Bonchev–Trinajstić information content (AvgIpc) is 3.10. The van der Waals surface area contributed by atoms with Crippen LogP contribution in [0.25, 0.3) is 0 Å². The number of imide groups is 1. The number of hydrogen-bond donors (Lipinski definition) is 0. The second-order valence-corrected chi connectivity index (χ2v) is 6.76. The fourth-order valence-corrected chi connectivity index (χ4v) is 4.27. The Hall–Kier alpha value is -1.98. The van der Waals surface area contributed by atoms with Crippen molar-refractivity contribution < 1.29 is 9.59 Å². The van der Waals surface area contributed by atoms with E-state index in [-0.39, 0.29) is 17.9 Å². The zero-order chi connectivity index (χ0) is 15.3. The topological polar surface area (TPSA) is 40.6 Å². The van der Waals surface area contributed by atoms with Crippen molar-refractivity contribution in [1.29, 1.82) is 0 Å². The van der Waals surface area contributed by atoms with E-state index < -0.39 is 0 Å². The molecule has 0 saturated carbocycles. The molecule has 1 aromatic heterocycles. The Morgan fingerprint density at radius 2 is 1.82 bits per heavy atom. The minimum atomic E-state index is -0.177. The summed E-state index contributed by atoms with van der Waals surface area (Å²) >= 11 is 1.79. The van der Waals surface area contributed by atoms with E-state index in [4.69, 9.17) is 0 Å². The van der Waals surface area contributed by atoms with Gasteiger partial charge in [0, 0.05) is 17.5 Å². The molecule has 0 spiro atoms. The van der Waals surface area contributed by atoms with Crippen LogP contribution in [0.4, 0.5) is 0 Å². The molecule has 1 aromatic carbocycles. The number of rotatable bonds is 2. The van der Waals surface area contributed by atoms with Gasteiger partial charge in [-0.25, -0.2) is 0 Å². The molecule has 22 heavy (non-hydrogen) atoms. The van der Waals surface area contributed by atoms with Crippen molar-refractivity contribution in [1.82, 2.24) is 9.80 Å². The lowest BCUT2D eigenvalue weighted by molar-refractivity contribution is 0.0482. The molecule has 2 aliphatic heterocycles. The molecule has 2 aliphatic rings. The lowest BCUT2D eigenvalue weighted by atomic mass is 10.0. The summed E-state index contributed by atoms with van der Waals surface area (Å²) in [6, 6.07) is 9.44. The number of carbonyl (C=O) groups excluding carboxylic acids is 2. The van der Waals surface area contributed by atoms with Gasteiger partial charge in [-0.05, 0) is 42.5 Å². The Labute approximate surface area is 133 Å². The van der Waals surface area contributed by atoms with Crippen molar-refractivity contribution in [3.63, 3.8) is 0 Å². The Morgan fingerprint density at radius 3 is 2.50 bits per heavy atom. The normalized spacial score (nSPS) is 21.1. The van der Waals surface area contributed by atoms with Gasteiger partial charge in [0.1, 0.15) is 0 Å². The van der Waals surface area contributed by atoms with E-state index in [1.165, 1.54) is 15.3 Å². The molecule has 0 bridgehead atoms. The van der Waals surface area contributed by atoms with Gasteiger partial charge in [-0.15, -0.1) is 11.3 Å². The summed E-state index contributed by atoms with van der Waals surface area (Å²) in [5.41, 5.74) is 2.37. The lowest BCUT2D eigenvalue weighted by Crippen LogP contribution is -2.44. The Balaban J connectivity index is 1.58. The lowest BCUT2D eigenvalue weighted by Gasteiger charge is -2.35. The summed E-state index contributed by atoms with van der Waals surface area (Å²) in [7, 11) is 0. The molecular formula is C17H16N2O2S. The third-order valence-corrected chi connectivity index (χ3v) is 5.60. The smallest absolute Gasteiger partial charge is 0.262 e. The molecule has 2 amide bonds. The van der Waals surface area contributed by atoms with Crippen LogP contribution >= 0.6 is 11.3 Å². The molecule has 0 fully saturated rings. The number of fused-ring (bicyclic) bond motifs is 2.